The first-order valence-corrected chi connectivity index (χ1v) is 6.99. The first kappa shape index (κ1) is 12.0. The van der Waals surface area contributed by atoms with Crippen LogP contribution >= 0.6 is 0 Å². The Kier molecular flexibility index (Phi) is 3.50. The van der Waals surface area contributed by atoms with Gasteiger partial charge in [0.05, 0.1) is 6.10 Å². The van der Waals surface area contributed by atoms with Crippen LogP contribution in [0.3, 0.4) is 0 Å². The minimum Gasteiger partial charge on any atom is -0.487 e. The van der Waals surface area contributed by atoms with E-state index in [4.69, 9.17) is 4.74 Å². The van der Waals surface area contributed by atoms with Gasteiger partial charge in [-0.25, -0.2) is 4.39 Å². The Morgan fingerprint density at radius 2 is 2.11 bits per heavy atom. The molecule has 1 aliphatic heterocycles. The van der Waals surface area contributed by atoms with Gasteiger partial charge in [-0.15, -0.1) is 0 Å². The Labute approximate surface area is 108 Å². The number of hydrogen-bond donors (Lipinski definition) is 0. The van der Waals surface area contributed by atoms with Gasteiger partial charge in [0.1, 0.15) is 0 Å². The quantitative estimate of drug-likeness (QED) is 0.768. The van der Waals surface area contributed by atoms with Gasteiger partial charge in [-0.3, -0.25) is 0 Å². The van der Waals surface area contributed by atoms with Crippen molar-refractivity contribution in [3.05, 3.63) is 29.6 Å². The highest BCUT2D eigenvalue weighted by Crippen LogP contribution is 2.29. The van der Waals surface area contributed by atoms with Gasteiger partial charge in [-0.1, -0.05) is 6.07 Å². The number of aryl methyl sites for hydroxylation is 1. The van der Waals surface area contributed by atoms with Crippen LogP contribution in [0.4, 0.5) is 4.39 Å². The van der Waals surface area contributed by atoms with Gasteiger partial charge in [-0.2, -0.15) is 0 Å². The minimum atomic E-state index is -0.205. The molecule has 1 saturated carbocycles. The smallest absolute Gasteiger partial charge is 0.165 e. The van der Waals surface area contributed by atoms with E-state index in [0.29, 0.717) is 5.75 Å². The van der Waals surface area contributed by atoms with E-state index in [1.165, 1.54) is 19.5 Å². The fourth-order valence-corrected chi connectivity index (χ4v) is 2.27. The molecule has 0 unspecified atom stereocenters. The van der Waals surface area contributed by atoms with E-state index < -0.39 is 0 Å². The fraction of sp³-hybridized carbons (Fsp3) is 0.600. The lowest BCUT2D eigenvalue weighted by molar-refractivity contribution is 0.179. The van der Waals surface area contributed by atoms with Gasteiger partial charge >= 0.3 is 0 Å². The van der Waals surface area contributed by atoms with E-state index in [-0.39, 0.29) is 11.9 Å². The predicted octanol–water partition coefficient (Wildman–Crippen LogP) is 3.01. The lowest BCUT2D eigenvalue weighted by Crippen LogP contribution is -2.37. The van der Waals surface area contributed by atoms with Gasteiger partial charge in [-0.05, 0) is 69.4 Å². The minimum absolute atomic E-state index is 0.205. The first-order chi connectivity index (χ1) is 8.81. The molecule has 2 aliphatic rings. The van der Waals surface area contributed by atoms with Gasteiger partial charge in [0.15, 0.2) is 11.6 Å². The maximum Gasteiger partial charge on any atom is 0.165 e. The first-order valence-electron chi connectivity index (χ1n) is 6.99. The molecule has 0 atom stereocenters. The topological polar surface area (TPSA) is 12.5 Å². The highest BCUT2D eigenvalue weighted by Gasteiger charge is 2.24. The van der Waals surface area contributed by atoms with Crippen LogP contribution in [0.5, 0.6) is 5.75 Å². The fourth-order valence-electron chi connectivity index (χ4n) is 2.27. The summed E-state index contributed by atoms with van der Waals surface area (Å²) < 4.78 is 19.3. The molecule has 0 radical (unpaired) electrons. The number of halogens is 1. The Balaban J connectivity index is 1.50. The summed E-state index contributed by atoms with van der Waals surface area (Å²) in [6.07, 6.45) is 5.80. The highest BCUT2D eigenvalue weighted by atomic mass is 19.1. The molecular formula is C15H20FNO. The molecule has 1 aromatic rings. The maximum absolute atomic E-state index is 13.8. The van der Waals surface area contributed by atoms with E-state index in [9.17, 15) is 4.39 Å². The number of rotatable bonds is 6. The summed E-state index contributed by atoms with van der Waals surface area (Å²) in [5, 5.41) is 0. The summed E-state index contributed by atoms with van der Waals surface area (Å²) in [6.45, 7) is 3.62. The Hall–Kier alpha value is -1.09. The zero-order valence-electron chi connectivity index (χ0n) is 10.7. The lowest BCUT2D eigenvalue weighted by atomic mass is 10.1. The van der Waals surface area contributed by atoms with Crippen molar-refractivity contribution in [1.82, 2.24) is 4.90 Å². The monoisotopic (exact) mass is 249 g/mol. The summed E-state index contributed by atoms with van der Waals surface area (Å²) in [6, 6.07) is 5.41. The van der Waals surface area contributed by atoms with Gasteiger partial charge in [0.2, 0.25) is 0 Å². The van der Waals surface area contributed by atoms with E-state index in [0.717, 1.165) is 37.8 Å². The summed E-state index contributed by atoms with van der Waals surface area (Å²) in [7, 11) is 0. The second-order valence-electron chi connectivity index (χ2n) is 5.38. The molecule has 0 bridgehead atoms. The molecule has 18 heavy (non-hydrogen) atoms. The Morgan fingerprint density at radius 3 is 2.72 bits per heavy atom. The molecule has 0 N–H and O–H groups in total. The molecule has 3 heteroatoms. The van der Waals surface area contributed by atoms with Crippen molar-refractivity contribution < 1.29 is 9.13 Å². The van der Waals surface area contributed by atoms with Crippen LogP contribution in [0, 0.1) is 5.82 Å². The van der Waals surface area contributed by atoms with Crippen LogP contribution in [0.2, 0.25) is 0 Å². The summed E-state index contributed by atoms with van der Waals surface area (Å²) >= 11 is 0. The van der Waals surface area contributed by atoms with Crippen molar-refractivity contribution in [2.24, 2.45) is 0 Å². The standard InChI is InChI=1S/C15H20FNO/c16-14-11-12(3-1-8-17-9-2-10-17)4-7-15(14)18-13-5-6-13/h4,7,11,13H,1-3,5-6,8-10H2. The average molecular weight is 249 g/mol. The molecule has 0 spiro atoms. The van der Waals surface area contributed by atoms with Gasteiger partial charge < -0.3 is 9.64 Å². The molecule has 1 saturated heterocycles. The van der Waals surface area contributed by atoms with Crippen LogP contribution in [0.25, 0.3) is 0 Å². The van der Waals surface area contributed by atoms with E-state index in [2.05, 4.69) is 4.90 Å². The number of likely N-dealkylation sites (tertiary alicyclic amines) is 1. The van der Waals surface area contributed by atoms with E-state index in [1.807, 2.05) is 6.07 Å². The number of benzene rings is 1. The molecule has 1 heterocycles. The molecule has 3 rings (SSSR count). The summed E-state index contributed by atoms with van der Waals surface area (Å²) in [5.41, 5.74) is 1.08. The number of nitrogens with zero attached hydrogens (tertiary/aromatic N) is 1. The average Bonchev–Trinajstić information content (AvgIpc) is 3.09. The third kappa shape index (κ3) is 3.02. The third-order valence-corrected chi connectivity index (χ3v) is 3.70. The van der Waals surface area contributed by atoms with Crippen LogP contribution in [0.15, 0.2) is 18.2 Å². The zero-order chi connectivity index (χ0) is 12.4. The second kappa shape index (κ2) is 5.27. The summed E-state index contributed by atoms with van der Waals surface area (Å²) in [4.78, 5) is 2.45. The van der Waals surface area contributed by atoms with Crippen molar-refractivity contribution in [2.75, 3.05) is 19.6 Å². The van der Waals surface area contributed by atoms with Crippen LogP contribution < -0.4 is 4.74 Å². The zero-order valence-corrected chi connectivity index (χ0v) is 10.7. The maximum atomic E-state index is 13.8. The SMILES string of the molecule is Fc1cc(CCCN2CCC2)ccc1OC1CC1. The van der Waals surface area contributed by atoms with Crippen molar-refractivity contribution in [1.29, 1.82) is 0 Å². The Bertz CT molecular complexity index is 413. The van der Waals surface area contributed by atoms with Crippen molar-refractivity contribution in [3.8, 4) is 5.75 Å². The second-order valence-corrected chi connectivity index (χ2v) is 5.38. The summed E-state index contributed by atoms with van der Waals surface area (Å²) in [5.74, 6) is 0.215. The molecule has 0 amide bonds. The molecule has 98 valence electrons. The molecule has 2 nitrogen and oxygen atoms in total. The molecule has 1 aliphatic carbocycles. The molecular weight excluding hydrogens is 229 g/mol. The highest BCUT2D eigenvalue weighted by molar-refractivity contribution is 5.30. The van der Waals surface area contributed by atoms with Crippen molar-refractivity contribution >= 4 is 0 Å². The van der Waals surface area contributed by atoms with E-state index in [1.54, 1.807) is 12.1 Å². The van der Waals surface area contributed by atoms with Crippen molar-refractivity contribution in [3.63, 3.8) is 0 Å². The predicted molar refractivity (Wildman–Crippen MR) is 69.4 cm³/mol. The van der Waals surface area contributed by atoms with Crippen molar-refractivity contribution in [2.45, 2.75) is 38.2 Å². The van der Waals surface area contributed by atoms with E-state index >= 15 is 0 Å². The largest absolute Gasteiger partial charge is 0.487 e. The lowest BCUT2D eigenvalue weighted by Gasteiger charge is -2.30. The van der Waals surface area contributed by atoms with Gasteiger partial charge in [0.25, 0.3) is 0 Å². The molecule has 1 aromatic carbocycles. The normalized spacial score (nSPS) is 19.6. The van der Waals surface area contributed by atoms with Crippen LogP contribution in [-0.4, -0.2) is 30.6 Å². The van der Waals surface area contributed by atoms with Gasteiger partial charge in [0, 0.05) is 0 Å². The van der Waals surface area contributed by atoms with Crippen LogP contribution in [-0.2, 0) is 6.42 Å². The molecule has 2 fully saturated rings. The van der Waals surface area contributed by atoms with Crippen LogP contribution in [0.1, 0.15) is 31.2 Å². The third-order valence-electron chi connectivity index (χ3n) is 3.70. The Morgan fingerprint density at radius 1 is 1.28 bits per heavy atom. The number of ether oxygens (including phenoxy) is 1. The number of hydrogen-bond acceptors (Lipinski definition) is 2. The molecule has 0 aromatic heterocycles.